The molecule has 3 atom stereocenters. The Bertz CT molecular complexity index is 485. The maximum Gasteiger partial charge on any atom is 0.414 e. The first-order valence-corrected chi connectivity index (χ1v) is 14.2. The molecule has 134 valence electrons. The molecule has 1 amide bonds. The van der Waals surface area contributed by atoms with Gasteiger partial charge in [-0.15, -0.1) is 0 Å². The summed E-state index contributed by atoms with van der Waals surface area (Å²) in [4.78, 5) is 23.7. The van der Waals surface area contributed by atoms with E-state index in [4.69, 9.17) is 9.16 Å². The number of alkyl halides is 3. The summed E-state index contributed by atoms with van der Waals surface area (Å²) in [6.07, 6.45) is -8.17. The standard InChI is InChI=1S/C13H24F3NO4Si2/c1-8(18)20-12-9(11(19)17(12)22(2,3)4)10(13(14,15)16)21-23(5,6)7/h9-10,12H,1-7H3/t9-,10?,12+/m1/s1. The van der Waals surface area contributed by atoms with Crippen molar-refractivity contribution in [2.45, 2.75) is 64.7 Å². The first-order valence-electron chi connectivity index (χ1n) is 7.30. The van der Waals surface area contributed by atoms with E-state index in [0.29, 0.717) is 0 Å². The number of hydrogen-bond donors (Lipinski definition) is 0. The molecular weight excluding hydrogens is 347 g/mol. The van der Waals surface area contributed by atoms with Crippen LogP contribution in [0, 0.1) is 5.92 Å². The maximum atomic E-state index is 13.4. The summed E-state index contributed by atoms with van der Waals surface area (Å²) < 4.78 is 51.9. The molecule has 1 fully saturated rings. The number of halogens is 3. The average Bonchev–Trinajstić information content (AvgIpc) is 2.21. The summed E-state index contributed by atoms with van der Waals surface area (Å²) in [7, 11) is -4.84. The Morgan fingerprint density at radius 1 is 1.17 bits per heavy atom. The number of ether oxygens (including phenoxy) is 1. The van der Waals surface area contributed by atoms with Gasteiger partial charge in [-0.2, -0.15) is 13.2 Å². The van der Waals surface area contributed by atoms with E-state index in [1.165, 1.54) is 4.57 Å². The van der Waals surface area contributed by atoms with E-state index < -0.39 is 52.9 Å². The van der Waals surface area contributed by atoms with Gasteiger partial charge in [0.15, 0.2) is 28.9 Å². The monoisotopic (exact) mass is 371 g/mol. The molecule has 0 bridgehead atoms. The first kappa shape index (κ1) is 20.2. The Hall–Kier alpha value is -0.876. The molecule has 0 saturated carbocycles. The molecule has 5 nitrogen and oxygen atoms in total. The lowest BCUT2D eigenvalue weighted by atomic mass is 9.92. The highest BCUT2D eigenvalue weighted by molar-refractivity contribution is 6.76. The molecule has 0 N–H and O–H groups in total. The molecular formula is C13H24F3NO4Si2. The van der Waals surface area contributed by atoms with E-state index in [0.717, 1.165) is 6.92 Å². The van der Waals surface area contributed by atoms with Gasteiger partial charge in [-0.25, -0.2) is 0 Å². The third-order valence-electron chi connectivity index (χ3n) is 3.22. The average molecular weight is 372 g/mol. The van der Waals surface area contributed by atoms with Crippen molar-refractivity contribution in [2.24, 2.45) is 5.92 Å². The lowest BCUT2D eigenvalue weighted by Gasteiger charge is -2.54. The van der Waals surface area contributed by atoms with E-state index in [9.17, 15) is 22.8 Å². The minimum Gasteiger partial charge on any atom is -0.441 e. The van der Waals surface area contributed by atoms with Gasteiger partial charge in [0.25, 0.3) is 0 Å². The van der Waals surface area contributed by atoms with Crippen LogP contribution in [0.5, 0.6) is 0 Å². The van der Waals surface area contributed by atoms with E-state index >= 15 is 0 Å². The van der Waals surface area contributed by atoms with Crippen LogP contribution in [0.25, 0.3) is 0 Å². The predicted molar refractivity (Wildman–Crippen MR) is 83.5 cm³/mol. The fraction of sp³-hybridized carbons (Fsp3) is 0.846. The summed E-state index contributed by atoms with van der Waals surface area (Å²) in [5, 5.41) is 0. The van der Waals surface area contributed by atoms with E-state index in [-0.39, 0.29) is 0 Å². The lowest BCUT2D eigenvalue weighted by Crippen LogP contribution is -2.74. The summed E-state index contributed by atoms with van der Waals surface area (Å²) in [5.41, 5.74) is 0. The number of rotatable bonds is 5. The van der Waals surface area contributed by atoms with Gasteiger partial charge in [0.05, 0.1) is 0 Å². The fourth-order valence-electron chi connectivity index (χ4n) is 2.50. The van der Waals surface area contributed by atoms with Gasteiger partial charge in [-0.3, -0.25) is 9.59 Å². The van der Waals surface area contributed by atoms with Gasteiger partial charge in [0.2, 0.25) is 5.91 Å². The predicted octanol–water partition coefficient (Wildman–Crippen LogP) is 2.95. The van der Waals surface area contributed by atoms with Gasteiger partial charge < -0.3 is 13.7 Å². The minimum absolute atomic E-state index is 0.656. The summed E-state index contributed by atoms with van der Waals surface area (Å²) in [6.45, 7) is 11.4. The summed E-state index contributed by atoms with van der Waals surface area (Å²) >= 11 is 0. The topological polar surface area (TPSA) is 55.8 Å². The molecule has 0 aliphatic carbocycles. The zero-order valence-electron chi connectivity index (χ0n) is 14.4. The molecule has 1 aliphatic rings. The van der Waals surface area contributed by atoms with Gasteiger partial charge in [0.1, 0.15) is 5.92 Å². The molecule has 1 aliphatic heterocycles. The molecule has 1 saturated heterocycles. The van der Waals surface area contributed by atoms with E-state index in [1.807, 2.05) is 0 Å². The van der Waals surface area contributed by atoms with Crippen LogP contribution >= 0.6 is 0 Å². The van der Waals surface area contributed by atoms with Crippen LogP contribution in [0.1, 0.15) is 6.92 Å². The second-order valence-corrected chi connectivity index (χ2v) is 16.9. The van der Waals surface area contributed by atoms with Crippen LogP contribution in [0.2, 0.25) is 39.3 Å². The van der Waals surface area contributed by atoms with Crippen molar-refractivity contribution in [2.75, 3.05) is 0 Å². The van der Waals surface area contributed by atoms with Crippen LogP contribution in [0.4, 0.5) is 13.2 Å². The Morgan fingerprint density at radius 3 is 1.96 bits per heavy atom. The van der Waals surface area contributed by atoms with Crippen LogP contribution in [0.3, 0.4) is 0 Å². The zero-order valence-corrected chi connectivity index (χ0v) is 16.4. The number of nitrogens with zero attached hydrogens (tertiary/aromatic N) is 1. The van der Waals surface area contributed by atoms with Crippen molar-refractivity contribution >= 4 is 28.4 Å². The molecule has 0 spiro atoms. The van der Waals surface area contributed by atoms with Crippen LogP contribution in [0.15, 0.2) is 0 Å². The SMILES string of the molecule is CC(=O)O[C@H]1[C@H](C(O[Si](C)(C)C)C(F)(F)F)C(=O)N1[Si](C)(C)C. The van der Waals surface area contributed by atoms with Gasteiger partial charge in [-0.05, 0) is 19.6 Å². The normalized spacial score (nSPS) is 24.3. The number of esters is 1. The number of hydrogen-bond acceptors (Lipinski definition) is 4. The van der Waals surface area contributed by atoms with Gasteiger partial charge >= 0.3 is 12.1 Å². The van der Waals surface area contributed by atoms with Crippen molar-refractivity contribution in [3.05, 3.63) is 0 Å². The summed E-state index contributed by atoms with van der Waals surface area (Å²) in [6, 6.07) is 0. The number of carbonyl (C=O) groups excluding carboxylic acids is 2. The van der Waals surface area contributed by atoms with Crippen molar-refractivity contribution in [1.82, 2.24) is 4.57 Å². The third-order valence-corrected chi connectivity index (χ3v) is 6.10. The molecule has 0 radical (unpaired) electrons. The van der Waals surface area contributed by atoms with Crippen LogP contribution in [-0.4, -0.2) is 51.5 Å². The second-order valence-electron chi connectivity index (χ2n) is 7.60. The highest BCUT2D eigenvalue weighted by Gasteiger charge is 2.64. The molecule has 1 rings (SSSR count). The van der Waals surface area contributed by atoms with Crippen LogP contribution < -0.4 is 0 Å². The number of amides is 1. The van der Waals surface area contributed by atoms with Crippen molar-refractivity contribution in [3.8, 4) is 0 Å². The summed E-state index contributed by atoms with van der Waals surface area (Å²) in [5.74, 6) is -2.90. The Labute approximate surface area is 136 Å². The number of β-lactam (4-membered cyclic amide) rings is 1. The largest absolute Gasteiger partial charge is 0.441 e. The second kappa shape index (κ2) is 6.21. The van der Waals surface area contributed by atoms with E-state index in [2.05, 4.69) is 0 Å². The molecule has 0 aromatic rings. The molecule has 10 heteroatoms. The zero-order chi connectivity index (χ0) is 18.4. The highest BCUT2D eigenvalue weighted by Crippen LogP contribution is 2.42. The Balaban J connectivity index is 3.19. The maximum absolute atomic E-state index is 13.4. The third kappa shape index (κ3) is 4.80. The Morgan fingerprint density at radius 2 is 1.65 bits per heavy atom. The van der Waals surface area contributed by atoms with E-state index in [1.54, 1.807) is 39.3 Å². The molecule has 23 heavy (non-hydrogen) atoms. The fourth-order valence-corrected chi connectivity index (χ4v) is 5.33. The lowest BCUT2D eigenvalue weighted by molar-refractivity contribution is -0.249. The van der Waals surface area contributed by atoms with Crippen LogP contribution in [-0.2, 0) is 18.8 Å². The molecule has 1 heterocycles. The molecule has 0 aromatic heterocycles. The Kier molecular flexibility index (Phi) is 5.44. The molecule has 1 unspecified atom stereocenters. The minimum atomic E-state index is -4.70. The number of carbonyl (C=O) groups is 2. The van der Waals surface area contributed by atoms with Crippen molar-refractivity contribution in [3.63, 3.8) is 0 Å². The van der Waals surface area contributed by atoms with Crippen molar-refractivity contribution in [1.29, 1.82) is 0 Å². The van der Waals surface area contributed by atoms with Gasteiger partial charge in [0, 0.05) is 6.92 Å². The van der Waals surface area contributed by atoms with Gasteiger partial charge in [-0.1, -0.05) is 19.6 Å². The quantitative estimate of drug-likeness (QED) is 0.424. The smallest absolute Gasteiger partial charge is 0.414 e. The first-order chi connectivity index (χ1) is 10.1. The highest BCUT2D eigenvalue weighted by atomic mass is 28.4. The van der Waals surface area contributed by atoms with Crippen molar-refractivity contribution < 1.29 is 31.9 Å². The molecule has 0 aromatic carbocycles.